The van der Waals surface area contributed by atoms with E-state index in [1.807, 2.05) is 0 Å². The normalized spacial score (nSPS) is 19.2. The van der Waals surface area contributed by atoms with Gasteiger partial charge in [-0.15, -0.1) is 0 Å². The summed E-state index contributed by atoms with van der Waals surface area (Å²) in [7, 11) is 0. The predicted molar refractivity (Wildman–Crippen MR) is 56.0 cm³/mol. The molecule has 0 aromatic rings. The van der Waals surface area contributed by atoms with Crippen molar-refractivity contribution in [2.45, 2.75) is 52.1 Å². The van der Waals surface area contributed by atoms with E-state index in [0.29, 0.717) is 11.6 Å². The van der Waals surface area contributed by atoms with Crippen molar-refractivity contribution in [1.82, 2.24) is 4.90 Å². The number of ether oxygens (including phenoxy) is 1. The summed E-state index contributed by atoms with van der Waals surface area (Å²) < 4.78 is 5.26. The second-order valence-electron chi connectivity index (χ2n) is 4.18. The number of rotatable bonds is 5. The smallest absolute Gasteiger partial charge is 0.0645 e. The minimum atomic E-state index is 0.378. The van der Waals surface area contributed by atoms with E-state index in [4.69, 9.17) is 4.74 Å². The molecule has 2 nitrogen and oxygen atoms in total. The van der Waals surface area contributed by atoms with Crippen LogP contribution in [0.4, 0.5) is 0 Å². The van der Waals surface area contributed by atoms with Gasteiger partial charge in [-0.1, -0.05) is 20.8 Å². The lowest BCUT2D eigenvalue weighted by molar-refractivity contribution is -0.101. The summed E-state index contributed by atoms with van der Waals surface area (Å²) in [5, 5.41) is 0. The monoisotopic (exact) mass is 185 g/mol. The Balaban J connectivity index is 2.61. The molecule has 78 valence electrons. The summed E-state index contributed by atoms with van der Waals surface area (Å²) >= 11 is 0. The van der Waals surface area contributed by atoms with Crippen LogP contribution in [0.1, 0.15) is 40.5 Å². The molecule has 0 bridgehead atoms. The number of hydrogen-bond donors (Lipinski definition) is 0. The van der Waals surface area contributed by atoms with Gasteiger partial charge in [0.1, 0.15) is 0 Å². The average Bonchev–Trinajstić information content (AvgIpc) is 2.09. The van der Waals surface area contributed by atoms with E-state index in [0.717, 1.165) is 19.8 Å². The van der Waals surface area contributed by atoms with Crippen molar-refractivity contribution in [3.63, 3.8) is 0 Å². The van der Waals surface area contributed by atoms with Gasteiger partial charge in [0.25, 0.3) is 0 Å². The lowest BCUT2D eigenvalue weighted by Gasteiger charge is -2.47. The zero-order valence-corrected chi connectivity index (χ0v) is 9.47. The SMILES string of the molecule is CCN(C1COC1)C(C)(CC)CC. The molecule has 0 saturated carbocycles. The highest BCUT2D eigenvalue weighted by atomic mass is 16.5. The maximum absolute atomic E-state index is 5.26. The minimum Gasteiger partial charge on any atom is -0.378 e. The fourth-order valence-corrected chi connectivity index (χ4v) is 2.14. The van der Waals surface area contributed by atoms with Crippen molar-refractivity contribution < 1.29 is 4.74 Å². The lowest BCUT2D eigenvalue weighted by atomic mass is 9.91. The standard InChI is InChI=1S/C11H23NO/c1-5-11(4,6-2)12(7-3)10-8-13-9-10/h10H,5-9H2,1-4H3. The molecule has 1 aliphatic rings. The molecule has 1 aliphatic heterocycles. The summed E-state index contributed by atoms with van der Waals surface area (Å²) in [6, 6.07) is 0.676. The van der Waals surface area contributed by atoms with Gasteiger partial charge in [-0.05, 0) is 26.3 Å². The molecular weight excluding hydrogens is 162 g/mol. The molecule has 0 aromatic carbocycles. The molecule has 0 aliphatic carbocycles. The first kappa shape index (κ1) is 11.0. The van der Waals surface area contributed by atoms with Crippen molar-refractivity contribution in [3.8, 4) is 0 Å². The Morgan fingerprint density at radius 3 is 2.00 bits per heavy atom. The third kappa shape index (κ3) is 2.05. The van der Waals surface area contributed by atoms with Crippen LogP contribution >= 0.6 is 0 Å². The first-order chi connectivity index (χ1) is 6.18. The highest BCUT2D eigenvalue weighted by molar-refractivity contribution is 4.90. The van der Waals surface area contributed by atoms with E-state index in [1.54, 1.807) is 0 Å². The third-order valence-corrected chi connectivity index (χ3v) is 3.62. The van der Waals surface area contributed by atoms with E-state index in [1.165, 1.54) is 12.8 Å². The van der Waals surface area contributed by atoms with Crippen LogP contribution in [-0.2, 0) is 4.74 Å². The minimum absolute atomic E-state index is 0.378. The van der Waals surface area contributed by atoms with E-state index in [-0.39, 0.29) is 0 Å². The van der Waals surface area contributed by atoms with Crippen molar-refractivity contribution in [3.05, 3.63) is 0 Å². The average molecular weight is 185 g/mol. The van der Waals surface area contributed by atoms with Crippen molar-refractivity contribution in [1.29, 1.82) is 0 Å². The first-order valence-corrected chi connectivity index (χ1v) is 5.52. The molecular formula is C11H23NO. The Hall–Kier alpha value is -0.0800. The van der Waals surface area contributed by atoms with Crippen molar-refractivity contribution in [2.24, 2.45) is 0 Å². The van der Waals surface area contributed by atoms with Crippen LogP contribution in [0.2, 0.25) is 0 Å². The van der Waals surface area contributed by atoms with Crippen LogP contribution in [-0.4, -0.2) is 36.2 Å². The lowest BCUT2D eigenvalue weighted by Crippen LogP contribution is -2.58. The first-order valence-electron chi connectivity index (χ1n) is 5.52. The van der Waals surface area contributed by atoms with Gasteiger partial charge >= 0.3 is 0 Å². The van der Waals surface area contributed by atoms with Gasteiger partial charge in [0, 0.05) is 5.54 Å². The predicted octanol–water partition coefficient (Wildman–Crippen LogP) is 2.29. The van der Waals surface area contributed by atoms with E-state index in [9.17, 15) is 0 Å². The van der Waals surface area contributed by atoms with Gasteiger partial charge in [0.2, 0.25) is 0 Å². The van der Waals surface area contributed by atoms with Crippen LogP contribution in [0.3, 0.4) is 0 Å². The van der Waals surface area contributed by atoms with Gasteiger partial charge in [-0.3, -0.25) is 4.90 Å². The van der Waals surface area contributed by atoms with Crippen LogP contribution in [0.5, 0.6) is 0 Å². The highest BCUT2D eigenvalue weighted by Gasteiger charge is 2.35. The van der Waals surface area contributed by atoms with Crippen molar-refractivity contribution >= 4 is 0 Å². The van der Waals surface area contributed by atoms with Gasteiger partial charge in [0.05, 0.1) is 19.3 Å². The summed E-state index contributed by atoms with van der Waals surface area (Å²) in [5.41, 5.74) is 0.378. The maximum atomic E-state index is 5.26. The molecule has 2 heteroatoms. The van der Waals surface area contributed by atoms with E-state index < -0.39 is 0 Å². The second kappa shape index (κ2) is 4.43. The summed E-state index contributed by atoms with van der Waals surface area (Å²) in [6.45, 7) is 12.2. The van der Waals surface area contributed by atoms with Gasteiger partial charge in [0.15, 0.2) is 0 Å². The molecule has 0 spiro atoms. The zero-order valence-electron chi connectivity index (χ0n) is 9.47. The molecule has 13 heavy (non-hydrogen) atoms. The second-order valence-corrected chi connectivity index (χ2v) is 4.18. The van der Waals surface area contributed by atoms with Gasteiger partial charge in [-0.2, -0.15) is 0 Å². The molecule has 1 fully saturated rings. The number of nitrogens with zero attached hydrogens (tertiary/aromatic N) is 1. The Kier molecular flexibility index (Phi) is 3.74. The summed E-state index contributed by atoms with van der Waals surface area (Å²) in [5.74, 6) is 0. The quantitative estimate of drug-likeness (QED) is 0.651. The Morgan fingerprint density at radius 2 is 1.77 bits per heavy atom. The molecule has 0 aromatic heterocycles. The molecule has 0 N–H and O–H groups in total. The van der Waals surface area contributed by atoms with Gasteiger partial charge in [-0.25, -0.2) is 0 Å². The zero-order chi connectivity index (χ0) is 9.90. The highest BCUT2D eigenvalue weighted by Crippen LogP contribution is 2.27. The summed E-state index contributed by atoms with van der Waals surface area (Å²) in [4.78, 5) is 2.61. The molecule has 0 atom stereocenters. The fourth-order valence-electron chi connectivity index (χ4n) is 2.14. The molecule has 0 radical (unpaired) electrons. The Labute approximate surface area is 82.3 Å². The topological polar surface area (TPSA) is 12.5 Å². The molecule has 1 heterocycles. The number of likely N-dealkylation sites (N-methyl/N-ethyl adjacent to an activating group) is 1. The Morgan fingerprint density at radius 1 is 1.23 bits per heavy atom. The molecule has 0 unspecified atom stereocenters. The largest absolute Gasteiger partial charge is 0.378 e. The van der Waals surface area contributed by atoms with Crippen LogP contribution < -0.4 is 0 Å². The fraction of sp³-hybridized carbons (Fsp3) is 1.00. The van der Waals surface area contributed by atoms with Crippen LogP contribution in [0, 0.1) is 0 Å². The van der Waals surface area contributed by atoms with E-state index >= 15 is 0 Å². The van der Waals surface area contributed by atoms with Gasteiger partial charge < -0.3 is 4.74 Å². The maximum Gasteiger partial charge on any atom is 0.0645 e. The van der Waals surface area contributed by atoms with E-state index in [2.05, 4.69) is 32.6 Å². The molecule has 0 amide bonds. The summed E-state index contributed by atoms with van der Waals surface area (Å²) in [6.07, 6.45) is 2.46. The van der Waals surface area contributed by atoms with Crippen LogP contribution in [0.15, 0.2) is 0 Å². The number of hydrogen-bond acceptors (Lipinski definition) is 2. The van der Waals surface area contributed by atoms with Crippen LogP contribution in [0.25, 0.3) is 0 Å². The Bertz CT molecular complexity index is 150. The third-order valence-electron chi connectivity index (χ3n) is 3.62. The molecule has 1 rings (SSSR count). The van der Waals surface area contributed by atoms with Crippen molar-refractivity contribution in [2.75, 3.05) is 19.8 Å². The molecule has 1 saturated heterocycles.